The van der Waals surface area contributed by atoms with Gasteiger partial charge < -0.3 is 31.5 Å². The Morgan fingerprint density at radius 2 is 1.89 bits per heavy atom. The Morgan fingerprint density at radius 3 is 2.45 bits per heavy atom. The van der Waals surface area contributed by atoms with Crippen LogP contribution < -0.4 is 11.1 Å². The maximum atomic E-state index is 13.8. The number of primary amides is 1. The van der Waals surface area contributed by atoms with Crippen molar-refractivity contribution in [3.63, 3.8) is 0 Å². The summed E-state index contributed by atoms with van der Waals surface area (Å²) < 4.78 is 25.2. The van der Waals surface area contributed by atoms with Gasteiger partial charge in [0, 0.05) is 23.6 Å². The lowest BCUT2D eigenvalue weighted by Crippen LogP contribution is -2.63. The summed E-state index contributed by atoms with van der Waals surface area (Å²) in [5, 5.41) is 47.3. The number of aromatic hydroxyl groups is 1. The average Bonchev–Trinajstić information content (AvgIpc) is 2.82. The second-order valence-corrected chi connectivity index (χ2v) is 10.2. The molecule has 0 saturated carbocycles. The zero-order valence-electron chi connectivity index (χ0n) is 21.2. The number of phenols is 1. The minimum Gasteiger partial charge on any atom is -0.510 e. The number of nitrogens with two attached hydrogens (primary N) is 1. The molecule has 0 radical (unpaired) electrons. The molecule has 4 atom stereocenters. The van der Waals surface area contributed by atoms with E-state index >= 15 is 0 Å². The number of amides is 1. The Bertz CT molecular complexity index is 1290. The third kappa shape index (κ3) is 3.98. The van der Waals surface area contributed by atoms with Crippen molar-refractivity contribution >= 4 is 17.5 Å². The van der Waals surface area contributed by atoms with Crippen LogP contribution in [-0.2, 0) is 29.0 Å². The molecule has 0 aliphatic heterocycles. The number of carbonyl (C=O) groups excluding carboxylic acids is 3. The molecule has 0 bridgehead atoms. The molecule has 1 aromatic carbocycles. The number of halogens is 2. The van der Waals surface area contributed by atoms with Crippen LogP contribution >= 0.6 is 0 Å². The van der Waals surface area contributed by atoms with Gasteiger partial charge in [0.15, 0.2) is 11.4 Å². The number of alkyl halides is 2. The average molecular weight is 536 g/mol. The summed E-state index contributed by atoms with van der Waals surface area (Å²) in [5.74, 6) is -7.21. The van der Waals surface area contributed by atoms with Gasteiger partial charge in [-0.25, -0.2) is 8.78 Å². The Hall–Kier alpha value is -3.35. The zero-order chi connectivity index (χ0) is 28.3. The van der Waals surface area contributed by atoms with Crippen LogP contribution in [0.3, 0.4) is 0 Å². The molecule has 0 fully saturated rings. The number of allylic oxidation sites excluding steroid dienone is 1. The van der Waals surface area contributed by atoms with Gasteiger partial charge in [0.2, 0.25) is 5.78 Å². The van der Waals surface area contributed by atoms with E-state index in [0.717, 1.165) is 0 Å². The standard InChI is InChI=1S/C26H31F2N3O7/c1-4-10-5-12(8-30-9-15(27)28)20(32)17-13(10)6-11-7-14-19(31(2)3)22(34)18(25(29)37)24(36)26(14,38)23(35)16(11)21(17)33/h5,11,14-15,19,30,32,34-35,38H,4,6-9H2,1-3H3,(H2,29,37)/t11-,14-,19-,26-/m0/s1. The Balaban J connectivity index is 1.89. The molecule has 38 heavy (non-hydrogen) atoms. The molecule has 4 rings (SSSR count). The van der Waals surface area contributed by atoms with Crippen LogP contribution in [0.2, 0.25) is 0 Å². The number of rotatable bonds is 7. The molecule has 206 valence electrons. The number of fused-ring (bicyclic) bond motifs is 3. The predicted octanol–water partition coefficient (Wildman–Crippen LogP) is 1.04. The highest BCUT2D eigenvalue weighted by Crippen LogP contribution is 2.52. The number of likely N-dealkylation sites (N-methyl/N-ethyl adjacent to an activating group) is 1. The number of hydrogen-bond donors (Lipinski definition) is 6. The maximum absolute atomic E-state index is 13.8. The number of hydrogen-bond acceptors (Lipinski definition) is 9. The first-order chi connectivity index (χ1) is 17.8. The summed E-state index contributed by atoms with van der Waals surface area (Å²) in [7, 11) is 3.12. The highest BCUT2D eigenvalue weighted by Gasteiger charge is 2.63. The van der Waals surface area contributed by atoms with Gasteiger partial charge in [0.1, 0.15) is 22.8 Å². The van der Waals surface area contributed by atoms with Gasteiger partial charge in [-0.1, -0.05) is 13.0 Å². The molecule has 7 N–H and O–H groups in total. The highest BCUT2D eigenvalue weighted by atomic mass is 19.3. The van der Waals surface area contributed by atoms with Crippen molar-refractivity contribution < 1.29 is 43.6 Å². The van der Waals surface area contributed by atoms with Crippen molar-refractivity contribution in [2.24, 2.45) is 17.6 Å². The minimum absolute atomic E-state index is 0.00657. The highest BCUT2D eigenvalue weighted by molar-refractivity contribution is 6.24. The Kier molecular flexibility index (Phi) is 7.10. The lowest BCUT2D eigenvalue weighted by molar-refractivity contribution is -0.148. The van der Waals surface area contributed by atoms with Gasteiger partial charge in [-0.05, 0) is 50.4 Å². The van der Waals surface area contributed by atoms with Crippen LogP contribution in [0, 0.1) is 11.8 Å². The first-order valence-corrected chi connectivity index (χ1v) is 12.3. The smallest absolute Gasteiger partial charge is 0.255 e. The topological polar surface area (TPSA) is 173 Å². The fourth-order valence-corrected chi connectivity index (χ4v) is 6.22. The lowest BCUT2D eigenvalue weighted by Gasteiger charge is -2.50. The Labute approximate surface area is 217 Å². The van der Waals surface area contributed by atoms with E-state index in [4.69, 9.17) is 5.73 Å². The number of carbonyl (C=O) groups is 3. The number of nitrogens with one attached hydrogen (secondary N) is 1. The SMILES string of the molecule is CCc1cc(CNCC(F)F)c(O)c2c1C[C@H]1C[C@H]3[C@H](N(C)C)C(O)=C(C(N)=O)C(=O)[C@@]3(O)C(O)=C1C2=O. The summed E-state index contributed by atoms with van der Waals surface area (Å²) >= 11 is 0. The molecule has 1 aromatic rings. The van der Waals surface area contributed by atoms with Crippen LogP contribution in [0.25, 0.3) is 0 Å². The molecule has 1 amide bonds. The number of ketones is 2. The number of aryl methyl sites for hydroxylation is 1. The van der Waals surface area contributed by atoms with Gasteiger partial charge in [0.05, 0.1) is 18.2 Å². The van der Waals surface area contributed by atoms with E-state index in [0.29, 0.717) is 17.5 Å². The van der Waals surface area contributed by atoms with Crippen molar-refractivity contribution in [1.29, 1.82) is 0 Å². The second kappa shape index (κ2) is 9.75. The van der Waals surface area contributed by atoms with Crippen molar-refractivity contribution in [2.75, 3.05) is 20.6 Å². The number of benzene rings is 1. The third-order valence-electron chi connectivity index (χ3n) is 7.89. The molecular formula is C26H31F2N3O7. The molecule has 3 aliphatic carbocycles. The first-order valence-electron chi connectivity index (χ1n) is 12.3. The van der Waals surface area contributed by atoms with Crippen molar-refractivity contribution in [2.45, 2.75) is 50.8 Å². The van der Waals surface area contributed by atoms with E-state index in [1.807, 2.05) is 6.92 Å². The molecule has 3 aliphatic rings. The van der Waals surface area contributed by atoms with Gasteiger partial charge >= 0.3 is 0 Å². The fourth-order valence-electron chi connectivity index (χ4n) is 6.22. The molecular weight excluding hydrogens is 504 g/mol. The molecule has 0 spiro atoms. The predicted molar refractivity (Wildman–Crippen MR) is 131 cm³/mol. The van der Waals surface area contributed by atoms with Crippen LogP contribution in [0.4, 0.5) is 8.78 Å². The quantitative estimate of drug-likeness (QED) is 0.279. The molecule has 0 aromatic heterocycles. The fraction of sp³-hybridized carbons (Fsp3) is 0.500. The van der Waals surface area contributed by atoms with Crippen molar-refractivity contribution in [1.82, 2.24) is 10.2 Å². The van der Waals surface area contributed by atoms with Crippen molar-refractivity contribution in [3.8, 4) is 5.75 Å². The summed E-state index contributed by atoms with van der Waals surface area (Å²) in [6.07, 6.45) is -1.98. The van der Waals surface area contributed by atoms with Gasteiger partial charge in [-0.2, -0.15) is 0 Å². The molecule has 0 unspecified atom stereocenters. The van der Waals surface area contributed by atoms with E-state index < -0.39 is 76.8 Å². The largest absolute Gasteiger partial charge is 0.510 e. The van der Waals surface area contributed by atoms with Crippen LogP contribution in [-0.4, -0.2) is 81.5 Å². The van der Waals surface area contributed by atoms with Gasteiger partial charge in [-0.3, -0.25) is 19.3 Å². The summed E-state index contributed by atoms with van der Waals surface area (Å²) in [4.78, 5) is 40.7. The number of phenolic OH excluding ortho intramolecular Hbond substituents is 1. The van der Waals surface area contributed by atoms with E-state index in [-0.39, 0.29) is 36.1 Å². The molecule has 12 heteroatoms. The van der Waals surface area contributed by atoms with E-state index in [1.54, 1.807) is 20.2 Å². The third-order valence-corrected chi connectivity index (χ3v) is 7.89. The second-order valence-electron chi connectivity index (χ2n) is 10.2. The van der Waals surface area contributed by atoms with E-state index in [1.165, 1.54) is 4.90 Å². The number of Topliss-reactive ketones (excluding diaryl/α,β-unsaturated/α-hetero) is 2. The van der Waals surface area contributed by atoms with E-state index in [2.05, 4.69) is 5.32 Å². The number of aliphatic hydroxyl groups is 3. The molecule has 0 saturated heterocycles. The molecule has 0 heterocycles. The minimum atomic E-state index is -2.72. The van der Waals surface area contributed by atoms with Crippen molar-refractivity contribution in [3.05, 3.63) is 51.0 Å². The normalized spacial score (nSPS) is 27.1. The Morgan fingerprint density at radius 1 is 1.24 bits per heavy atom. The van der Waals surface area contributed by atoms with Crippen LogP contribution in [0.15, 0.2) is 28.7 Å². The summed E-state index contributed by atoms with van der Waals surface area (Å²) in [5.41, 5.74) is 2.80. The van der Waals surface area contributed by atoms with Gasteiger partial charge in [0.25, 0.3) is 12.3 Å². The number of nitrogens with zero attached hydrogens (tertiary/aromatic N) is 1. The van der Waals surface area contributed by atoms with Crippen LogP contribution in [0.5, 0.6) is 5.75 Å². The maximum Gasteiger partial charge on any atom is 0.255 e. The first kappa shape index (κ1) is 27.7. The van der Waals surface area contributed by atoms with Crippen LogP contribution in [0.1, 0.15) is 40.4 Å². The van der Waals surface area contributed by atoms with Gasteiger partial charge in [-0.15, -0.1) is 0 Å². The monoisotopic (exact) mass is 535 g/mol. The molecule has 10 nitrogen and oxygen atoms in total. The summed E-state index contributed by atoms with van der Waals surface area (Å²) in [6.45, 7) is 1.08. The van der Waals surface area contributed by atoms with E-state index in [9.17, 15) is 43.6 Å². The zero-order valence-corrected chi connectivity index (χ0v) is 21.2. The number of aliphatic hydroxyl groups excluding tert-OH is 2. The summed E-state index contributed by atoms with van der Waals surface area (Å²) in [6, 6.07) is 0.580. The lowest BCUT2D eigenvalue weighted by atomic mass is 9.58.